The zero-order valence-corrected chi connectivity index (χ0v) is 13.5. The van der Waals surface area contributed by atoms with Crippen LogP contribution in [0.2, 0.25) is 0 Å². The summed E-state index contributed by atoms with van der Waals surface area (Å²) in [6.07, 6.45) is 7.77. The Hall–Kier alpha value is -1.11. The molecule has 0 aliphatic rings. The molecule has 0 fully saturated rings. The Morgan fingerprint density at radius 3 is 2.53 bits per heavy atom. The highest BCUT2D eigenvalue weighted by molar-refractivity contribution is 5.62. The van der Waals surface area contributed by atoms with E-state index in [0.29, 0.717) is 0 Å². The molecule has 0 amide bonds. The molecule has 1 aromatic heterocycles. The molecule has 0 saturated carbocycles. The van der Waals surface area contributed by atoms with Crippen molar-refractivity contribution in [3.63, 3.8) is 0 Å². The summed E-state index contributed by atoms with van der Waals surface area (Å²) in [5, 5.41) is 0. The van der Waals surface area contributed by atoms with E-state index in [4.69, 9.17) is 0 Å². The lowest BCUT2D eigenvalue weighted by Crippen LogP contribution is -2.11. The van der Waals surface area contributed by atoms with E-state index in [9.17, 15) is 0 Å². The second-order valence-corrected chi connectivity index (χ2v) is 6.51. The minimum Gasteiger partial charge on any atom is -0.257 e. The van der Waals surface area contributed by atoms with Crippen molar-refractivity contribution in [3.8, 4) is 0 Å². The number of allylic oxidation sites excluding steroid dienone is 2. The highest BCUT2D eigenvalue weighted by Crippen LogP contribution is 2.26. The predicted octanol–water partition coefficient (Wildman–Crippen LogP) is 5.61. The molecule has 1 rings (SSSR count). The lowest BCUT2D eigenvalue weighted by molar-refractivity contribution is 0.572. The van der Waals surface area contributed by atoms with Gasteiger partial charge in [-0.3, -0.25) is 4.98 Å². The Morgan fingerprint density at radius 1 is 1.32 bits per heavy atom. The summed E-state index contributed by atoms with van der Waals surface area (Å²) in [5.41, 5.74) is 4.08. The van der Waals surface area contributed by atoms with Crippen LogP contribution in [0.4, 0.5) is 0 Å². The molecule has 1 atom stereocenters. The molecular weight excluding hydrogens is 230 g/mol. The van der Waals surface area contributed by atoms with Gasteiger partial charge in [-0.2, -0.15) is 0 Å². The van der Waals surface area contributed by atoms with E-state index >= 15 is 0 Å². The van der Waals surface area contributed by atoms with Crippen molar-refractivity contribution in [2.75, 3.05) is 0 Å². The molecule has 1 aromatic rings. The molecule has 0 aliphatic heterocycles. The van der Waals surface area contributed by atoms with Gasteiger partial charge in [0.05, 0.1) is 5.69 Å². The molecule has 0 bridgehead atoms. The zero-order chi connectivity index (χ0) is 14.5. The second-order valence-electron chi connectivity index (χ2n) is 6.51. The summed E-state index contributed by atoms with van der Waals surface area (Å²) < 4.78 is 0. The van der Waals surface area contributed by atoms with Crippen LogP contribution < -0.4 is 0 Å². The van der Waals surface area contributed by atoms with Crippen LogP contribution in [-0.2, 0) is 5.41 Å². The molecule has 0 aliphatic carbocycles. The van der Waals surface area contributed by atoms with Gasteiger partial charge in [-0.1, -0.05) is 54.0 Å². The fraction of sp³-hybridized carbons (Fsp3) is 0.611. The maximum Gasteiger partial charge on any atom is 0.0661 e. The third kappa shape index (κ3) is 4.81. The average Bonchev–Trinajstić information content (AvgIpc) is 2.38. The molecule has 0 N–H and O–H groups in total. The highest BCUT2D eigenvalue weighted by Gasteiger charge is 2.14. The van der Waals surface area contributed by atoms with E-state index < -0.39 is 0 Å². The average molecular weight is 259 g/mol. The van der Waals surface area contributed by atoms with E-state index in [1.165, 1.54) is 17.6 Å². The Balaban J connectivity index is 2.99. The number of hydrogen-bond donors (Lipinski definition) is 0. The molecule has 1 heterocycles. The Bertz CT molecular complexity index is 424. The predicted molar refractivity (Wildman–Crippen MR) is 85.3 cm³/mol. The Labute approximate surface area is 119 Å². The maximum absolute atomic E-state index is 4.56. The van der Waals surface area contributed by atoms with Gasteiger partial charge in [-0.05, 0) is 47.4 Å². The second kappa shape index (κ2) is 6.88. The molecule has 0 saturated heterocycles. The minimum absolute atomic E-state index is 0.188. The zero-order valence-electron chi connectivity index (χ0n) is 13.5. The summed E-state index contributed by atoms with van der Waals surface area (Å²) in [4.78, 5) is 4.56. The van der Waals surface area contributed by atoms with Crippen LogP contribution in [0.5, 0.6) is 0 Å². The fourth-order valence-electron chi connectivity index (χ4n) is 2.01. The summed E-state index contributed by atoms with van der Waals surface area (Å²) >= 11 is 0. The van der Waals surface area contributed by atoms with Crippen LogP contribution in [0, 0.1) is 5.92 Å². The molecule has 1 unspecified atom stereocenters. The van der Waals surface area contributed by atoms with E-state index in [1.807, 2.05) is 6.20 Å². The molecule has 1 heteroatoms. The first-order valence-electron chi connectivity index (χ1n) is 7.54. The van der Waals surface area contributed by atoms with Crippen molar-refractivity contribution in [3.05, 3.63) is 35.7 Å². The van der Waals surface area contributed by atoms with Gasteiger partial charge in [-0.25, -0.2) is 0 Å². The van der Waals surface area contributed by atoms with Gasteiger partial charge in [0.1, 0.15) is 0 Å². The smallest absolute Gasteiger partial charge is 0.0661 e. The summed E-state index contributed by atoms with van der Waals surface area (Å²) in [6.45, 7) is 13.5. The van der Waals surface area contributed by atoms with Gasteiger partial charge >= 0.3 is 0 Å². The van der Waals surface area contributed by atoms with Crippen molar-refractivity contribution in [2.45, 2.75) is 66.2 Å². The maximum atomic E-state index is 4.56. The number of rotatable bonds is 5. The number of hydrogen-bond acceptors (Lipinski definition) is 1. The van der Waals surface area contributed by atoms with Crippen molar-refractivity contribution >= 4 is 5.57 Å². The summed E-state index contributed by atoms with van der Waals surface area (Å²) in [6, 6.07) is 4.39. The monoisotopic (exact) mass is 259 g/mol. The van der Waals surface area contributed by atoms with Gasteiger partial charge in [0.25, 0.3) is 0 Å². The van der Waals surface area contributed by atoms with Crippen LogP contribution >= 0.6 is 0 Å². The Morgan fingerprint density at radius 2 is 2.00 bits per heavy atom. The quantitative estimate of drug-likeness (QED) is 0.670. The first-order chi connectivity index (χ1) is 8.88. The van der Waals surface area contributed by atoms with Crippen LogP contribution in [0.1, 0.15) is 72.1 Å². The topological polar surface area (TPSA) is 12.9 Å². The van der Waals surface area contributed by atoms with E-state index in [0.717, 1.165) is 24.5 Å². The number of aromatic nitrogens is 1. The molecule has 19 heavy (non-hydrogen) atoms. The van der Waals surface area contributed by atoms with Gasteiger partial charge in [0.2, 0.25) is 0 Å². The van der Waals surface area contributed by atoms with Gasteiger partial charge in [0.15, 0.2) is 0 Å². The molecule has 1 nitrogen and oxygen atoms in total. The summed E-state index contributed by atoms with van der Waals surface area (Å²) in [7, 11) is 0. The SMILES string of the molecule is CC/C(=C\CC(C)CC)c1cc(C(C)(C)C)ccn1. The lowest BCUT2D eigenvalue weighted by Gasteiger charge is -2.20. The first kappa shape index (κ1) is 15.9. The molecule has 106 valence electrons. The number of pyridine rings is 1. The molecule has 0 aromatic carbocycles. The normalized spacial score (nSPS) is 14.5. The van der Waals surface area contributed by atoms with Gasteiger partial charge < -0.3 is 0 Å². The Kier molecular flexibility index (Phi) is 5.78. The minimum atomic E-state index is 0.188. The lowest BCUT2D eigenvalue weighted by atomic mass is 9.86. The molecule has 0 spiro atoms. The van der Waals surface area contributed by atoms with E-state index in [-0.39, 0.29) is 5.41 Å². The van der Waals surface area contributed by atoms with E-state index in [1.54, 1.807) is 0 Å². The van der Waals surface area contributed by atoms with Gasteiger partial charge in [-0.15, -0.1) is 0 Å². The van der Waals surface area contributed by atoms with Crippen LogP contribution in [0.25, 0.3) is 5.57 Å². The van der Waals surface area contributed by atoms with Crippen molar-refractivity contribution in [1.82, 2.24) is 4.98 Å². The third-order valence-electron chi connectivity index (χ3n) is 3.80. The molecule has 0 radical (unpaired) electrons. The standard InChI is InChI=1S/C18H29N/c1-7-14(3)9-10-15(8-2)17-13-16(11-12-19-17)18(4,5)6/h10-14H,7-9H2,1-6H3/b15-10+. The largest absolute Gasteiger partial charge is 0.257 e. The molecular formula is C18H29N. The third-order valence-corrected chi connectivity index (χ3v) is 3.80. The number of nitrogens with zero attached hydrogens (tertiary/aromatic N) is 1. The first-order valence-corrected chi connectivity index (χ1v) is 7.54. The van der Waals surface area contributed by atoms with Crippen LogP contribution in [0.3, 0.4) is 0 Å². The van der Waals surface area contributed by atoms with Crippen molar-refractivity contribution in [1.29, 1.82) is 0 Å². The summed E-state index contributed by atoms with van der Waals surface area (Å²) in [5.74, 6) is 0.757. The van der Waals surface area contributed by atoms with Crippen molar-refractivity contribution in [2.24, 2.45) is 5.92 Å². The van der Waals surface area contributed by atoms with Crippen LogP contribution in [-0.4, -0.2) is 4.98 Å². The van der Waals surface area contributed by atoms with E-state index in [2.05, 4.69) is 64.7 Å². The van der Waals surface area contributed by atoms with Crippen LogP contribution in [0.15, 0.2) is 24.4 Å². The highest BCUT2D eigenvalue weighted by atomic mass is 14.7. The van der Waals surface area contributed by atoms with Crippen molar-refractivity contribution < 1.29 is 0 Å². The fourth-order valence-corrected chi connectivity index (χ4v) is 2.01. The van der Waals surface area contributed by atoms with Gasteiger partial charge in [0, 0.05) is 6.20 Å².